The fourth-order valence-corrected chi connectivity index (χ4v) is 11.3. The van der Waals surface area contributed by atoms with Crippen molar-refractivity contribution in [3.63, 3.8) is 0 Å². The van der Waals surface area contributed by atoms with Gasteiger partial charge in [-0.2, -0.15) is 0 Å². The standard InChI is InChI=1S/C72H66N4O/c1-70(2,3)52-38-36-51(37-39-52)60-43-56(44-66-68(60)59-30-19-20-33-63(59)76(66)67-45-62(72(7,8)9)61(46-73-67)50-28-17-12-18-29-50)77-55-41-53(71(4,5)6)40-54(42-55)74-47-75(65-35-22-21-34-64(65)74)69-57(48-24-13-10-14-25-48)31-23-32-58(69)49-26-15-11-16-27-49/h10-46H,47H2,1-9H3. The van der Waals surface area contributed by atoms with Crippen LogP contribution in [0.15, 0.2) is 225 Å². The molecule has 9 aromatic carbocycles. The summed E-state index contributed by atoms with van der Waals surface area (Å²) in [6, 6.07) is 79.2. The van der Waals surface area contributed by atoms with Crippen molar-refractivity contribution in [1.29, 1.82) is 0 Å². The van der Waals surface area contributed by atoms with Gasteiger partial charge in [-0.05, 0) is 103 Å². The smallest absolute Gasteiger partial charge is 0.137 e. The van der Waals surface area contributed by atoms with Crippen LogP contribution in [-0.4, -0.2) is 16.2 Å². The Kier molecular flexibility index (Phi) is 12.3. The maximum Gasteiger partial charge on any atom is 0.137 e. The number of pyridine rings is 1. The van der Waals surface area contributed by atoms with Crippen LogP contribution in [0.3, 0.4) is 0 Å². The molecule has 12 rings (SSSR count). The van der Waals surface area contributed by atoms with Crippen LogP contribution in [-0.2, 0) is 16.2 Å². The Bertz CT molecular complexity index is 3910. The molecule has 0 bridgehead atoms. The third kappa shape index (κ3) is 9.24. The number of benzene rings is 9. The van der Waals surface area contributed by atoms with E-state index in [0.717, 1.165) is 78.4 Å². The Hall–Kier alpha value is -8.67. The van der Waals surface area contributed by atoms with Crippen LogP contribution in [0.5, 0.6) is 11.5 Å². The lowest BCUT2D eigenvalue weighted by atomic mass is 9.82. The van der Waals surface area contributed by atoms with Gasteiger partial charge in [0.1, 0.15) is 24.0 Å². The maximum absolute atomic E-state index is 7.38. The van der Waals surface area contributed by atoms with Crippen molar-refractivity contribution < 1.29 is 4.74 Å². The highest BCUT2D eigenvalue weighted by molar-refractivity contribution is 6.16. The van der Waals surface area contributed by atoms with E-state index in [1.165, 1.54) is 44.6 Å². The third-order valence-corrected chi connectivity index (χ3v) is 15.3. The van der Waals surface area contributed by atoms with Crippen molar-refractivity contribution in [3.8, 4) is 61.8 Å². The molecule has 380 valence electrons. The average Bonchev–Trinajstić information content (AvgIpc) is 4.03. The summed E-state index contributed by atoms with van der Waals surface area (Å²) in [6.45, 7) is 21.1. The van der Waals surface area contributed by atoms with Crippen LogP contribution in [0.1, 0.15) is 79.0 Å². The number of rotatable bonds is 9. The van der Waals surface area contributed by atoms with Gasteiger partial charge in [-0.15, -0.1) is 0 Å². The molecule has 5 nitrogen and oxygen atoms in total. The van der Waals surface area contributed by atoms with E-state index in [-0.39, 0.29) is 16.2 Å². The van der Waals surface area contributed by atoms with Crippen molar-refractivity contribution in [2.45, 2.75) is 78.6 Å². The molecule has 3 heterocycles. The number of nitrogens with zero attached hydrogens (tertiary/aromatic N) is 4. The summed E-state index contributed by atoms with van der Waals surface area (Å²) in [4.78, 5) is 10.3. The first-order chi connectivity index (χ1) is 37.1. The minimum absolute atomic E-state index is 0.00923. The molecule has 5 heteroatoms. The third-order valence-electron chi connectivity index (χ3n) is 15.3. The van der Waals surface area contributed by atoms with Gasteiger partial charge in [0.2, 0.25) is 0 Å². The number of fused-ring (bicyclic) bond motifs is 4. The Labute approximate surface area is 454 Å². The number of hydrogen-bond acceptors (Lipinski definition) is 4. The Balaban J connectivity index is 1.03. The molecule has 0 aliphatic carbocycles. The molecule has 0 radical (unpaired) electrons. The predicted molar refractivity (Wildman–Crippen MR) is 325 cm³/mol. The summed E-state index contributed by atoms with van der Waals surface area (Å²) < 4.78 is 9.73. The molecule has 1 aliphatic heterocycles. The van der Waals surface area contributed by atoms with E-state index in [1.807, 2.05) is 0 Å². The highest BCUT2D eigenvalue weighted by atomic mass is 16.5. The predicted octanol–water partition coefficient (Wildman–Crippen LogP) is 19.8. The summed E-state index contributed by atoms with van der Waals surface area (Å²) in [5.41, 5.74) is 19.3. The second-order valence-electron chi connectivity index (χ2n) is 23.7. The first kappa shape index (κ1) is 49.2. The lowest BCUT2D eigenvalue weighted by Gasteiger charge is -2.28. The molecular weight excluding hydrogens is 937 g/mol. The van der Waals surface area contributed by atoms with Gasteiger partial charge in [-0.25, -0.2) is 4.98 Å². The van der Waals surface area contributed by atoms with Gasteiger partial charge in [0.05, 0.1) is 28.1 Å². The second kappa shape index (κ2) is 19.2. The average molecular weight is 1000 g/mol. The van der Waals surface area contributed by atoms with E-state index in [1.54, 1.807) is 0 Å². The normalized spacial score (nSPS) is 12.9. The molecule has 0 spiro atoms. The summed E-state index contributed by atoms with van der Waals surface area (Å²) >= 11 is 0. The van der Waals surface area contributed by atoms with E-state index in [0.29, 0.717) is 6.67 Å². The van der Waals surface area contributed by atoms with Crippen LogP contribution in [0.25, 0.3) is 72.1 Å². The highest BCUT2D eigenvalue weighted by Crippen LogP contribution is 2.51. The summed E-state index contributed by atoms with van der Waals surface area (Å²) in [7, 11) is 0. The van der Waals surface area contributed by atoms with E-state index < -0.39 is 0 Å². The number of para-hydroxylation sites is 4. The molecular formula is C72H66N4O. The first-order valence-electron chi connectivity index (χ1n) is 27.0. The molecule has 0 amide bonds. The maximum atomic E-state index is 7.38. The zero-order chi connectivity index (χ0) is 53.2. The van der Waals surface area contributed by atoms with E-state index in [9.17, 15) is 0 Å². The van der Waals surface area contributed by atoms with Crippen LogP contribution >= 0.6 is 0 Å². The summed E-state index contributed by atoms with van der Waals surface area (Å²) in [6.07, 6.45) is 2.07. The monoisotopic (exact) mass is 1000 g/mol. The first-order valence-corrected chi connectivity index (χ1v) is 27.0. The summed E-state index contributed by atoms with van der Waals surface area (Å²) in [5, 5.41) is 2.32. The number of hydrogen-bond donors (Lipinski definition) is 0. The molecule has 11 aromatic rings. The lowest BCUT2D eigenvalue weighted by Crippen LogP contribution is -2.25. The molecule has 0 fully saturated rings. The Morgan fingerprint density at radius 1 is 0.403 bits per heavy atom. The number of anilines is 4. The molecule has 2 aromatic heterocycles. The van der Waals surface area contributed by atoms with Crippen LogP contribution in [0.2, 0.25) is 0 Å². The molecule has 77 heavy (non-hydrogen) atoms. The van der Waals surface area contributed by atoms with Gasteiger partial charge in [0.15, 0.2) is 0 Å². The largest absolute Gasteiger partial charge is 0.457 e. The fraction of sp³-hybridized carbons (Fsp3) is 0.181. The van der Waals surface area contributed by atoms with Crippen molar-refractivity contribution >= 4 is 44.6 Å². The Morgan fingerprint density at radius 3 is 1.53 bits per heavy atom. The van der Waals surface area contributed by atoms with Crippen LogP contribution in [0, 0.1) is 0 Å². The minimum Gasteiger partial charge on any atom is -0.457 e. The van der Waals surface area contributed by atoms with E-state index >= 15 is 0 Å². The van der Waals surface area contributed by atoms with Gasteiger partial charge in [0.25, 0.3) is 0 Å². The quantitative estimate of drug-likeness (QED) is 0.144. The molecule has 0 saturated heterocycles. The van der Waals surface area contributed by atoms with Gasteiger partial charge >= 0.3 is 0 Å². The Morgan fingerprint density at radius 2 is 0.935 bits per heavy atom. The van der Waals surface area contributed by atoms with Crippen molar-refractivity contribution in [3.05, 3.63) is 241 Å². The molecule has 0 saturated carbocycles. The highest BCUT2D eigenvalue weighted by Gasteiger charge is 2.33. The zero-order valence-electron chi connectivity index (χ0n) is 45.8. The van der Waals surface area contributed by atoms with Crippen molar-refractivity contribution in [2.24, 2.45) is 0 Å². The SMILES string of the molecule is CC(C)(C)c1ccc(-c2cc(Oc3cc(N4CN(c5c(-c6ccccc6)cccc5-c5ccccc5)c5ccccc54)cc(C(C)(C)C)c3)cc3c2c2ccccc2n3-c2cc(C(C)(C)C)c(-c3ccccc3)cn2)cc1. The van der Waals surface area contributed by atoms with E-state index in [4.69, 9.17) is 9.72 Å². The summed E-state index contributed by atoms with van der Waals surface area (Å²) in [5.74, 6) is 2.39. The molecule has 0 N–H and O–H groups in total. The van der Waals surface area contributed by atoms with Crippen LogP contribution in [0.4, 0.5) is 22.7 Å². The fourth-order valence-electron chi connectivity index (χ4n) is 11.3. The zero-order valence-corrected chi connectivity index (χ0v) is 45.8. The lowest BCUT2D eigenvalue weighted by molar-refractivity contribution is 0.479. The van der Waals surface area contributed by atoms with Gasteiger partial charge < -0.3 is 14.5 Å². The molecule has 0 atom stereocenters. The number of ether oxygens (including phenoxy) is 1. The molecule has 1 aliphatic rings. The minimum atomic E-state index is -0.188. The van der Waals surface area contributed by atoms with Crippen molar-refractivity contribution in [1.82, 2.24) is 9.55 Å². The second-order valence-corrected chi connectivity index (χ2v) is 23.7. The van der Waals surface area contributed by atoms with Crippen molar-refractivity contribution in [2.75, 3.05) is 16.5 Å². The van der Waals surface area contributed by atoms with E-state index in [2.05, 4.69) is 301 Å². The van der Waals surface area contributed by atoms with Gasteiger partial charge in [0, 0.05) is 51.5 Å². The van der Waals surface area contributed by atoms with Crippen LogP contribution < -0.4 is 14.5 Å². The molecule has 0 unspecified atom stereocenters. The van der Waals surface area contributed by atoms with Gasteiger partial charge in [-0.1, -0.05) is 226 Å². The topological polar surface area (TPSA) is 33.5 Å². The van der Waals surface area contributed by atoms with Gasteiger partial charge in [-0.3, -0.25) is 4.57 Å². The number of aromatic nitrogens is 2.